The number of rotatable bonds is 5. The first-order chi connectivity index (χ1) is 11.6. The third-order valence-electron chi connectivity index (χ3n) is 3.95. The van der Waals surface area contributed by atoms with Crippen molar-refractivity contribution in [3.05, 3.63) is 47.0 Å². The molecule has 1 aliphatic heterocycles. The van der Waals surface area contributed by atoms with Crippen molar-refractivity contribution < 1.29 is 15.0 Å². The zero-order chi connectivity index (χ0) is 17.4. The Hall–Kier alpha value is -1.80. The largest absolute Gasteiger partial charge is 0.389 e. The number of carbonyl (C=O) groups is 1. The summed E-state index contributed by atoms with van der Waals surface area (Å²) in [6.07, 6.45) is 5.58. The summed E-state index contributed by atoms with van der Waals surface area (Å²) in [5.41, 5.74) is 0.956. The highest BCUT2D eigenvalue weighted by Gasteiger charge is 2.25. The van der Waals surface area contributed by atoms with Crippen LogP contribution in [0.1, 0.15) is 24.8 Å². The van der Waals surface area contributed by atoms with Crippen LogP contribution in [-0.2, 0) is 16.3 Å². The Morgan fingerprint density at radius 1 is 1.42 bits per heavy atom. The smallest absolute Gasteiger partial charge is 0.223 e. The third kappa shape index (κ3) is 5.68. The summed E-state index contributed by atoms with van der Waals surface area (Å²) in [4.78, 5) is 13.7. The maximum absolute atomic E-state index is 12.0. The van der Waals surface area contributed by atoms with Crippen molar-refractivity contribution in [1.82, 2.24) is 4.90 Å². The van der Waals surface area contributed by atoms with Gasteiger partial charge in [0.2, 0.25) is 5.91 Å². The molecule has 2 rings (SSSR count). The number of benzene rings is 1. The minimum absolute atomic E-state index is 0.0421. The van der Waals surface area contributed by atoms with E-state index in [4.69, 9.17) is 11.6 Å². The van der Waals surface area contributed by atoms with Gasteiger partial charge in [0.25, 0.3) is 0 Å². The number of halogens is 1. The fourth-order valence-corrected chi connectivity index (χ4v) is 2.99. The molecule has 1 radical (unpaired) electrons. The third-order valence-corrected chi connectivity index (χ3v) is 4.18. The second-order valence-corrected chi connectivity index (χ2v) is 6.20. The van der Waals surface area contributed by atoms with Gasteiger partial charge in [0.05, 0.1) is 18.7 Å². The SMILES string of the molecule is [O]CC#CCN1C(=O)CCCC1/C=C/[C@H](O)Cc1cccc(Cl)c1. The molecule has 1 heterocycles. The molecule has 0 aromatic heterocycles. The van der Waals surface area contributed by atoms with Gasteiger partial charge in [-0.25, -0.2) is 5.11 Å². The lowest BCUT2D eigenvalue weighted by atomic mass is 9.99. The van der Waals surface area contributed by atoms with E-state index in [1.807, 2.05) is 24.3 Å². The van der Waals surface area contributed by atoms with E-state index < -0.39 is 12.7 Å². The Morgan fingerprint density at radius 3 is 3.00 bits per heavy atom. The standard InChI is InChI=1S/C19H21ClNO3/c20-16-6-3-5-15(13-16)14-18(23)10-9-17-7-4-8-19(24)21(17)11-1-2-12-22/h3,5-6,9-10,13,17-18,23H,4,7-8,11-12,14H2/b10-9+/t17?,18-/m0/s1. The lowest BCUT2D eigenvalue weighted by Gasteiger charge is -2.32. The predicted molar refractivity (Wildman–Crippen MR) is 93.0 cm³/mol. The van der Waals surface area contributed by atoms with Crippen molar-refractivity contribution in [3.8, 4) is 11.8 Å². The number of aliphatic hydroxyl groups is 1. The number of amides is 1. The molecule has 0 saturated carbocycles. The number of hydrogen-bond donors (Lipinski definition) is 1. The molecule has 5 heteroatoms. The Kier molecular flexibility index (Phi) is 7.33. The van der Waals surface area contributed by atoms with Gasteiger partial charge in [-0.15, -0.1) is 0 Å². The number of nitrogens with zero attached hydrogens (tertiary/aromatic N) is 1. The van der Waals surface area contributed by atoms with E-state index in [0.29, 0.717) is 17.9 Å². The Morgan fingerprint density at radius 2 is 2.25 bits per heavy atom. The van der Waals surface area contributed by atoms with E-state index >= 15 is 0 Å². The summed E-state index contributed by atoms with van der Waals surface area (Å²) < 4.78 is 0. The average molecular weight is 347 g/mol. The summed E-state index contributed by atoms with van der Waals surface area (Å²) >= 11 is 5.94. The maximum atomic E-state index is 12.0. The van der Waals surface area contributed by atoms with Crippen LogP contribution in [-0.4, -0.2) is 41.2 Å². The number of hydrogen-bond acceptors (Lipinski definition) is 2. The van der Waals surface area contributed by atoms with Crippen molar-refractivity contribution in [2.45, 2.75) is 37.8 Å². The fraction of sp³-hybridized carbons (Fsp3) is 0.421. The zero-order valence-corrected chi connectivity index (χ0v) is 14.2. The van der Waals surface area contributed by atoms with Gasteiger partial charge >= 0.3 is 0 Å². The normalized spacial score (nSPS) is 19.2. The number of likely N-dealkylation sites (tertiary alicyclic amines) is 1. The summed E-state index contributed by atoms with van der Waals surface area (Å²) in [6, 6.07) is 7.30. The van der Waals surface area contributed by atoms with Gasteiger partial charge in [0.1, 0.15) is 6.61 Å². The molecule has 24 heavy (non-hydrogen) atoms. The minimum Gasteiger partial charge on any atom is -0.389 e. The first kappa shape index (κ1) is 18.5. The summed E-state index contributed by atoms with van der Waals surface area (Å²) in [7, 11) is 0. The quantitative estimate of drug-likeness (QED) is 0.658. The number of aliphatic hydroxyl groups excluding tert-OH is 1. The summed E-state index contributed by atoms with van der Waals surface area (Å²) in [5, 5.41) is 21.2. The molecule has 4 nitrogen and oxygen atoms in total. The highest BCUT2D eigenvalue weighted by atomic mass is 35.5. The molecule has 2 atom stereocenters. The Balaban J connectivity index is 1.97. The molecule has 0 bridgehead atoms. The minimum atomic E-state index is -0.643. The molecule has 1 N–H and O–H groups in total. The molecule has 1 saturated heterocycles. The molecular weight excluding hydrogens is 326 g/mol. The predicted octanol–water partition coefficient (Wildman–Crippen LogP) is 2.61. The molecule has 1 amide bonds. The average Bonchev–Trinajstić information content (AvgIpc) is 2.55. The molecular formula is C19H21ClNO3. The molecule has 1 aromatic rings. The van der Waals surface area contributed by atoms with Crippen molar-refractivity contribution >= 4 is 17.5 Å². The van der Waals surface area contributed by atoms with Gasteiger partial charge < -0.3 is 10.0 Å². The van der Waals surface area contributed by atoms with Gasteiger partial charge in [-0.3, -0.25) is 4.79 Å². The van der Waals surface area contributed by atoms with Gasteiger partial charge in [0, 0.05) is 17.9 Å². The van der Waals surface area contributed by atoms with Crippen LogP contribution in [0.15, 0.2) is 36.4 Å². The second-order valence-electron chi connectivity index (χ2n) is 5.77. The maximum Gasteiger partial charge on any atom is 0.223 e. The molecule has 1 unspecified atom stereocenters. The molecule has 127 valence electrons. The van der Waals surface area contributed by atoms with Crippen LogP contribution >= 0.6 is 11.6 Å². The van der Waals surface area contributed by atoms with Gasteiger partial charge in [-0.1, -0.05) is 47.7 Å². The van der Waals surface area contributed by atoms with Crippen LogP contribution in [0.25, 0.3) is 0 Å². The van der Waals surface area contributed by atoms with Gasteiger partial charge in [-0.05, 0) is 30.5 Å². The van der Waals surface area contributed by atoms with Crippen LogP contribution in [0.4, 0.5) is 0 Å². The van der Waals surface area contributed by atoms with Gasteiger partial charge in [0.15, 0.2) is 0 Å². The molecule has 1 fully saturated rings. The highest BCUT2D eigenvalue weighted by molar-refractivity contribution is 6.30. The first-order valence-corrected chi connectivity index (χ1v) is 8.42. The van der Waals surface area contributed by atoms with E-state index in [1.165, 1.54) is 0 Å². The van der Waals surface area contributed by atoms with Crippen LogP contribution < -0.4 is 0 Å². The fourth-order valence-electron chi connectivity index (χ4n) is 2.77. The molecule has 1 aromatic carbocycles. The highest BCUT2D eigenvalue weighted by Crippen LogP contribution is 2.19. The van der Waals surface area contributed by atoms with Crippen molar-refractivity contribution in [2.24, 2.45) is 0 Å². The van der Waals surface area contributed by atoms with Crippen LogP contribution in [0.2, 0.25) is 5.02 Å². The summed E-state index contributed by atoms with van der Waals surface area (Å²) in [6.45, 7) is -0.193. The van der Waals surface area contributed by atoms with Crippen molar-refractivity contribution in [2.75, 3.05) is 13.2 Å². The van der Waals surface area contributed by atoms with Crippen LogP contribution in [0.5, 0.6) is 0 Å². The Bertz CT molecular complexity index is 648. The first-order valence-electron chi connectivity index (χ1n) is 8.04. The van der Waals surface area contributed by atoms with E-state index in [0.717, 1.165) is 18.4 Å². The monoisotopic (exact) mass is 346 g/mol. The summed E-state index contributed by atoms with van der Waals surface area (Å²) in [5.74, 6) is 5.23. The topological polar surface area (TPSA) is 60.4 Å². The van der Waals surface area contributed by atoms with E-state index in [9.17, 15) is 15.0 Å². The molecule has 1 aliphatic rings. The lowest BCUT2D eigenvalue weighted by molar-refractivity contribution is -0.134. The van der Waals surface area contributed by atoms with E-state index in [1.54, 1.807) is 17.0 Å². The van der Waals surface area contributed by atoms with Crippen molar-refractivity contribution in [3.63, 3.8) is 0 Å². The number of piperidine rings is 1. The van der Waals surface area contributed by atoms with E-state index in [2.05, 4.69) is 11.8 Å². The molecule has 0 spiro atoms. The molecule has 0 aliphatic carbocycles. The number of carbonyl (C=O) groups excluding carboxylic acids is 1. The lowest BCUT2D eigenvalue weighted by Crippen LogP contribution is -2.42. The Labute approximate surface area is 147 Å². The van der Waals surface area contributed by atoms with Gasteiger partial charge in [-0.2, -0.15) is 0 Å². The van der Waals surface area contributed by atoms with Crippen molar-refractivity contribution in [1.29, 1.82) is 0 Å². The van der Waals surface area contributed by atoms with E-state index in [-0.39, 0.29) is 18.5 Å². The zero-order valence-electron chi connectivity index (χ0n) is 13.5. The second kappa shape index (κ2) is 9.48. The van der Waals surface area contributed by atoms with Crippen LogP contribution in [0, 0.1) is 11.8 Å². The van der Waals surface area contributed by atoms with Crippen LogP contribution in [0.3, 0.4) is 0 Å².